The second-order valence-corrected chi connectivity index (χ2v) is 7.59. The molecule has 2 fully saturated rings. The maximum absolute atomic E-state index is 12.4. The number of esters is 1. The largest absolute Gasteiger partial charge is 0.458 e. The normalized spacial score (nSPS) is 34.4. The number of hydrogen-bond donors (Lipinski definition) is 0. The highest BCUT2D eigenvalue weighted by molar-refractivity contribution is 5.89. The molecule has 0 aromatic heterocycles. The van der Waals surface area contributed by atoms with Crippen LogP contribution in [0.3, 0.4) is 0 Å². The Morgan fingerprint density at radius 3 is 2.74 bits per heavy atom. The van der Waals surface area contributed by atoms with Crippen molar-refractivity contribution in [3.8, 4) is 0 Å². The highest BCUT2D eigenvalue weighted by atomic mass is 16.5. The summed E-state index contributed by atoms with van der Waals surface area (Å²) in [4.78, 5) is 12.4. The minimum Gasteiger partial charge on any atom is -0.458 e. The Hall–Kier alpha value is -1.57. The number of benzene rings is 1. The highest BCUT2D eigenvalue weighted by Gasteiger charge is 2.53. The number of fused-ring (bicyclic) bond motifs is 1. The molecule has 1 aromatic rings. The number of ether oxygens (including phenoxy) is 1. The lowest BCUT2D eigenvalue weighted by Gasteiger charge is -2.45. The van der Waals surface area contributed by atoms with Gasteiger partial charge in [0, 0.05) is 5.92 Å². The van der Waals surface area contributed by atoms with E-state index in [9.17, 15) is 4.79 Å². The highest BCUT2D eigenvalue weighted by Crippen LogP contribution is 2.58. The number of carbonyl (C=O) groups is 1. The topological polar surface area (TPSA) is 26.3 Å². The van der Waals surface area contributed by atoms with Crippen LogP contribution >= 0.6 is 0 Å². The number of rotatable bonds is 4. The van der Waals surface area contributed by atoms with E-state index in [1.807, 2.05) is 30.3 Å². The van der Waals surface area contributed by atoms with Crippen molar-refractivity contribution in [2.75, 3.05) is 0 Å². The summed E-state index contributed by atoms with van der Waals surface area (Å²) < 4.78 is 5.95. The lowest BCUT2D eigenvalue weighted by Crippen LogP contribution is -2.43. The van der Waals surface area contributed by atoms with Crippen molar-refractivity contribution in [3.63, 3.8) is 0 Å². The van der Waals surface area contributed by atoms with E-state index in [2.05, 4.69) is 26.5 Å². The van der Waals surface area contributed by atoms with Gasteiger partial charge in [-0.3, -0.25) is 0 Å². The molecular formula is C21H28O2. The summed E-state index contributed by atoms with van der Waals surface area (Å²) in [5, 5.41) is 0. The molecule has 0 radical (unpaired) electrons. The van der Waals surface area contributed by atoms with E-state index in [0.717, 1.165) is 12.8 Å². The fraction of sp³-hybridized carbons (Fsp3) is 0.571. The number of hydrogen-bond acceptors (Lipinski definition) is 2. The molecule has 2 aliphatic rings. The zero-order chi connectivity index (χ0) is 16.4. The lowest BCUT2D eigenvalue weighted by molar-refractivity contribution is -0.0444. The van der Waals surface area contributed by atoms with Gasteiger partial charge in [-0.25, -0.2) is 4.79 Å². The minimum absolute atomic E-state index is 0.0727. The summed E-state index contributed by atoms with van der Waals surface area (Å²) in [6, 6.07) is 9.37. The predicted molar refractivity (Wildman–Crippen MR) is 93.2 cm³/mol. The third kappa shape index (κ3) is 2.96. The van der Waals surface area contributed by atoms with E-state index in [1.54, 1.807) is 0 Å². The summed E-state index contributed by atoms with van der Waals surface area (Å²) in [5.41, 5.74) is 0.946. The van der Waals surface area contributed by atoms with Gasteiger partial charge in [-0.05, 0) is 61.5 Å². The van der Waals surface area contributed by atoms with Crippen molar-refractivity contribution in [3.05, 3.63) is 48.6 Å². The first-order chi connectivity index (χ1) is 11.1. The summed E-state index contributed by atoms with van der Waals surface area (Å²) in [6.07, 6.45) is 7.98. The van der Waals surface area contributed by atoms with E-state index >= 15 is 0 Å². The number of carbonyl (C=O) groups excluding carboxylic acids is 1. The molecule has 124 valence electrons. The van der Waals surface area contributed by atoms with Gasteiger partial charge in [0.2, 0.25) is 0 Å². The molecule has 2 heteroatoms. The Morgan fingerprint density at radius 1 is 1.30 bits per heavy atom. The third-order valence-corrected chi connectivity index (χ3v) is 6.41. The summed E-state index contributed by atoms with van der Waals surface area (Å²) in [7, 11) is 0. The van der Waals surface area contributed by atoms with Crippen LogP contribution < -0.4 is 0 Å². The van der Waals surface area contributed by atoms with Crippen molar-refractivity contribution in [1.82, 2.24) is 0 Å². The van der Waals surface area contributed by atoms with E-state index in [0.29, 0.717) is 23.3 Å². The standard InChI is InChI=1S/C21H28O2/c1-4-15(2)17-12-13-18-19(11-8-14-21(17,18)3)23-20(22)16-9-6-5-7-10-16/h4-7,9-10,15,17-19H,1,8,11-14H2,2-3H3/t15-,17?,18?,19-,21+/m0/s1. The van der Waals surface area contributed by atoms with Gasteiger partial charge >= 0.3 is 5.97 Å². The smallest absolute Gasteiger partial charge is 0.338 e. The molecule has 1 aromatic carbocycles. The van der Waals surface area contributed by atoms with Crippen molar-refractivity contribution >= 4 is 5.97 Å². The molecule has 2 nitrogen and oxygen atoms in total. The average Bonchev–Trinajstić information content (AvgIpc) is 2.93. The zero-order valence-corrected chi connectivity index (χ0v) is 14.3. The van der Waals surface area contributed by atoms with Crippen LogP contribution in [-0.4, -0.2) is 12.1 Å². The Labute approximate surface area is 139 Å². The molecule has 3 rings (SSSR count). The average molecular weight is 312 g/mol. The van der Waals surface area contributed by atoms with Gasteiger partial charge < -0.3 is 4.74 Å². The Kier molecular flexibility index (Phi) is 4.61. The molecule has 0 amide bonds. The van der Waals surface area contributed by atoms with E-state index in [-0.39, 0.29) is 17.5 Å². The molecule has 0 spiro atoms. The molecular weight excluding hydrogens is 284 g/mol. The van der Waals surface area contributed by atoms with Gasteiger partial charge in [0.1, 0.15) is 6.10 Å². The summed E-state index contributed by atoms with van der Waals surface area (Å²) in [5.74, 6) is 1.54. The Morgan fingerprint density at radius 2 is 2.04 bits per heavy atom. The Bertz CT molecular complexity index is 564. The zero-order valence-electron chi connectivity index (χ0n) is 14.3. The molecule has 0 bridgehead atoms. The summed E-state index contributed by atoms with van der Waals surface area (Å²) in [6.45, 7) is 8.69. The molecule has 0 heterocycles. The molecule has 2 saturated carbocycles. The van der Waals surface area contributed by atoms with Gasteiger partial charge in [0.15, 0.2) is 0 Å². The molecule has 0 saturated heterocycles. The molecule has 2 aliphatic carbocycles. The fourth-order valence-corrected chi connectivity index (χ4v) is 5.11. The van der Waals surface area contributed by atoms with E-state index < -0.39 is 0 Å². The molecule has 0 aliphatic heterocycles. The van der Waals surface area contributed by atoms with Gasteiger partial charge in [-0.2, -0.15) is 0 Å². The van der Waals surface area contributed by atoms with E-state index in [4.69, 9.17) is 4.74 Å². The van der Waals surface area contributed by atoms with Crippen molar-refractivity contribution in [2.24, 2.45) is 23.2 Å². The van der Waals surface area contributed by atoms with Crippen LogP contribution in [0.5, 0.6) is 0 Å². The minimum atomic E-state index is -0.167. The second kappa shape index (κ2) is 6.51. The van der Waals surface area contributed by atoms with Crippen LogP contribution in [0.15, 0.2) is 43.0 Å². The quantitative estimate of drug-likeness (QED) is 0.560. The van der Waals surface area contributed by atoms with Crippen LogP contribution in [0.1, 0.15) is 56.3 Å². The first-order valence-electron chi connectivity index (χ1n) is 8.95. The third-order valence-electron chi connectivity index (χ3n) is 6.41. The van der Waals surface area contributed by atoms with E-state index in [1.165, 1.54) is 19.3 Å². The van der Waals surface area contributed by atoms with Crippen molar-refractivity contribution in [2.45, 2.75) is 52.1 Å². The molecule has 5 atom stereocenters. The van der Waals surface area contributed by atoms with Crippen LogP contribution in [0.2, 0.25) is 0 Å². The summed E-state index contributed by atoms with van der Waals surface area (Å²) >= 11 is 0. The van der Waals surface area contributed by atoms with Crippen LogP contribution in [0, 0.1) is 23.2 Å². The lowest BCUT2D eigenvalue weighted by atomic mass is 9.62. The maximum atomic E-state index is 12.4. The SMILES string of the molecule is C=C[C@H](C)C1CCC2[C@@H](OC(=O)c3ccccc3)CCC[C@@]21C. The Balaban J connectivity index is 1.75. The second-order valence-electron chi connectivity index (χ2n) is 7.59. The predicted octanol–water partition coefficient (Wildman–Crippen LogP) is 5.25. The molecule has 0 N–H and O–H groups in total. The van der Waals surface area contributed by atoms with Crippen molar-refractivity contribution in [1.29, 1.82) is 0 Å². The molecule has 2 unspecified atom stereocenters. The van der Waals surface area contributed by atoms with Crippen molar-refractivity contribution < 1.29 is 9.53 Å². The van der Waals surface area contributed by atoms with Crippen LogP contribution in [0.4, 0.5) is 0 Å². The van der Waals surface area contributed by atoms with Gasteiger partial charge in [0.25, 0.3) is 0 Å². The van der Waals surface area contributed by atoms with Crippen LogP contribution in [-0.2, 0) is 4.74 Å². The van der Waals surface area contributed by atoms with Gasteiger partial charge in [0.05, 0.1) is 5.56 Å². The monoisotopic (exact) mass is 312 g/mol. The first-order valence-corrected chi connectivity index (χ1v) is 8.95. The number of allylic oxidation sites excluding steroid dienone is 1. The molecule has 23 heavy (non-hydrogen) atoms. The maximum Gasteiger partial charge on any atom is 0.338 e. The van der Waals surface area contributed by atoms with Gasteiger partial charge in [-0.1, -0.05) is 38.1 Å². The first kappa shape index (κ1) is 16.3. The fourth-order valence-electron chi connectivity index (χ4n) is 5.11. The van der Waals surface area contributed by atoms with Gasteiger partial charge in [-0.15, -0.1) is 6.58 Å². The van der Waals surface area contributed by atoms with Crippen LogP contribution in [0.25, 0.3) is 0 Å².